The van der Waals surface area contributed by atoms with Crippen molar-refractivity contribution in [2.75, 3.05) is 26.8 Å². The number of hydrogen-bond acceptors (Lipinski definition) is 6. The van der Waals surface area contributed by atoms with Crippen LogP contribution in [0.2, 0.25) is 0 Å². The Morgan fingerprint density at radius 2 is 1.58 bits per heavy atom. The maximum absolute atomic E-state index is 14.2. The van der Waals surface area contributed by atoms with E-state index in [1.165, 1.54) is 0 Å². The lowest BCUT2D eigenvalue weighted by Crippen LogP contribution is -2.53. The van der Waals surface area contributed by atoms with Gasteiger partial charge in [-0.25, -0.2) is 4.79 Å². The lowest BCUT2D eigenvalue weighted by Gasteiger charge is -2.43. The van der Waals surface area contributed by atoms with Gasteiger partial charge in [0.25, 0.3) is 5.91 Å². The molecule has 0 saturated carbocycles. The maximum atomic E-state index is 14.2. The molecule has 2 aliphatic rings. The van der Waals surface area contributed by atoms with Crippen LogP contribution in [0.15, 0.2) is 78.9 Å². The minimum atomic E-state index is -1.08. The smallest absolute Gasteiger partial charge is 0.328 e. The lowest BCUT2D eigenvalue weighted by atomic mass is 9.62. The fourth-order valence-corrected chi connectivity index (χ4v) is 6.69. The summed E-state index contributed by atoms with van der Waals surface area (Å²) < 4.78 is 10.5. The molecule has 5 rings (SSSR count). The van der Waals surface area contributed by atoms with E-state index in [1.807, 2.05) is 65.6 Å². The van der Waals surface area contributed by atoms with Crippen LogP contribution in [0.4, 0.5) is 0 Å². The van der Waals surface area contributed by atoms with E-state index >= 15 is 0 Å². The summed E-state index contributed by atoms with van der Waals surface area (Å²) in [7, 11) is 1.54. The predicted molar refractivity (Wildman–Crippen MR) is 170 cm³/mol. The Labute approximate surface area is 264 Å². The van der Waals surface area contributed by atoms with E-state index in [-0.39, 0.29) is 30.4 Å². The van der Waals surface area contributed by atoms with Crippen LogP contribution in [0.1, 0.15) is 72.5 Å². The van der Waals surface area contributed by atoms with Crippen molar-refractivity contribution in [3.8, 4) is 5.75 Å². The van der Waals surface area contributed by atoms with E-state index in [0.29, 0.717) is 50.1 Å². The molecule has 0 radical (unpaired) electrons. The topological polar surface area (TPSA) is 114 Å². The van der Waals surface area contributed by atoms with Crippen molar-refractivity contribution in [3.63, 3.8) is 0 Å². The first-order valence-electron chi connectivity index (χ1n) is 15.6. The number of amides is 3. The molecule has 0 spiro atoms. The van der Waals surface area contributed by atoms with Crippen molar-refractivity contribution in [1.29, 1.82) is 0 Å². The van der Waals surface area contributed by atoms with Crippen molar-refractivity contribution >= 4 is 23.7 Å². The van der Waals surface area contributed by atoms with E-state index in [1.54, 1.807) is 39.2 Å². The third-order valence-corrected chi connectivity index (χ3v) is 9.04. The number of esters is 1. The quantitative estimate of drug-likeness (QED) is 0.348. The molecule has 3 aromatic carbocycles. The number of carbonyl (C=O) groups excluding carboxylic acids is 4. The molecule has 3 aromatic rings. The summed E-state index contributed by atoms with van der Waals surface area (Å²) in [5.74, 6) is -0.833. The van der Waals surface area contributed by atoms with Crippen LogP contribution in [-0.2, 0) is 24.5 Å². The Morgan fingerprint density at radius 3 is 2.29 bits per heavy atom. The Bertz CT molecular complexity index is 1530. The first-order chi connectivity index (χ1) is 21.8. The van der Waals surface area contributed by atoms with Crippen molar-refractivity contribution in [2.24, 2.45) is 0 Å². The molecule has 9 heteroatoms. The average molecular weight is 612 g/mol. The Hall–Kier alpha value is -4.66. The van der Waals surface area contributed by atoms with Gasteiger partial charge in [-0.05, 0) is 68.4 Å². The average Bonchev–Trinajstić information content (AvgIpc) is 3.08. The molecule has 3 atom stereocenters. The lowest BCUT2D eigenvalue weighted by molar-refractivity contribution is -0.147. The van der Waals surface area contributed by atoms with E-state index < -0.39 is 23.3 Å². The summed E-state index contributed by atoms with van der Waals surface area (Å²) >= 11 is 0. The molecule has 0 bridgehead atoms. The summed E-state index contributed by atoms with van der Waals surface area (Å²) in [6, 6.07) is 23.5. The molecule has 0 aromatic heterocycles. The number of ether oxygens (including phenoxy) is 2. The van der Waals surface area contributed by atoms with Crippen molar-refractivity contribution in [2.45, 2.75) is 62.9 Å². The highest BCUT2D eigenvalue weighted by Crippen LogP contribution is 2.48. The van der Waals surface area contributed by atoms with Gasteiger partial charge in [0.1, 0.15) is 11.8 Å². The second-order valence-corrected chi connectivity index (χ2v) is 11.7. The molecule has 0 unspecified atom stereocenters. The molecular formula is C36H41N3O6. The monoisotopic (exact) mass is 611 g/mol. The van der Waals surface area contributed by atoms with Crippen LogP contribution < -0.4 is 15.4 Å². The number of hydrogen-bond donors (Lipinski definition) is 2. The Kier molecular flexibility index (Phi) is 9.86. The number of likely N-dealkylation sites (tertiary alicyclic amines) is 1. The molecule has 1 aliphatic carbocycles. The van der Waals surface area contributed by atoms with Crippen LogP contribution >= 0.6 is 0 Å². The zero-order valence-corrected chi connectivity index (χ0v) is 26.1. The van der Waals surface area contributed by atoms with Gasteiger partial charge in [-0.15, -0.1) is 0 Å². The normalized spacial score (nSPS) is 20.3. The van der Waals surface area contributed by atoms with Gasteiger partial charge >= 0.3 is 5.97 Å². The first-order valence-corrected chi connectivity index (χ1v) is 15.6. The molecular weight excluding hydrogens is 570 g/mol. The van der Waals surface area contributed by atoms with Crippen LogP contribution in [0, 0.1) is 0 Å². The number of nitrogens with zero attached hydrogens (tertiary/aromatic N) is 1. The van der Waals surface area contributed by atoms with Gasteiger partial charge in [0.15, 0.2) is 0 Å². The van der Waals surface area contributed by atoms with E-state index in [0.717, 1.165) is 16.7 Å². The van der Waals surface area contributed by atoms with Crippen molar-refractivity contribution in [1.82, 2.24) is 15.5 Å². The molecule has 45 heavy (non-hydrogen) atoms. The van der Waals surface area contributed by atoms with Crippen LogP contribution in [0.3, 0.4) is 0 Å². The highest BCUT2D eigenvalue weighted by Gasteiger charge is 2.49. The van der Waals surface area contributed by atoms with Gasteiger partial charge in [0.2, 0.25) is 11.8 Å². The van der Waals surface area contributed by atoms with E-state index in [2.05, 4.69) is 10.6 Å². The van der Waals surface area contributed by atoms with Gasteiger partial charge in [-0.2, -0.15) is 0 Å². The fraction of sp³-hybridized carbons (Fsp3) is 0.389. The number of rotatable bonds is 9. The standard InChI is InChI=1S/C36H41N3O6/c1-4-45-34(42)24(2)37-35(43)36(25-12-6-5-7-13-25)21-18-28(27-14-8-10-16-30(27)36)33(41)39-22-19-26(20-23-39)38-32(40)29-15-9-11-17-31(29)44-3/h5-17,24,26,28H,4,18-23H2,1-3H3,(H,37,43)(H,38,40)/t24-,28-,36+/m0/s1. The van der Waals surface area contributed by atoms with Crippen LogP contribution in [-0.4, -0.2) is 67.5 Å². The predicted octanol–water partition coefficient (Wildman–Crippen LogP) is 4.35. The largest absolute Gasteiger partial charge is 0.496 e. The number of nitrogens with one attached hydrogen (secondary N) is 2. The SMILES string of the molecule is CCOC(=O)[C@H](C)NC(=O)[C@@]1(c2ccccc2)CC[C@H](C(=O)N2CCC(NC(=O)c3ccccc3OC)CC2)c2ccccc21. The summed E-state index contributed by atoms with van der Waals surface area (Å²) in [6.07, 6.45) is 2.15. The van der Waals surface area contributed by atoms with Crippen LogP contribution in [0.25, 0.3) is 0 Å². The molecule has 9 nitrogen and oxygen atoms in total. The van der Waals surface area contributed by atoms with E-state index in [9.17, 15) is 19.2 Å². The summed E-state index contributed by atoms with van der Waals surface area (Å²) in [4.78, 5) is 55.5. The van der Waals surface area contributed by atoms with Gasteiger partial charge in [0, 0.05) is 19.1 Å². The molecule has 236 valence electrons. The number of carbonyl (C=O) groups is 4. The first kappa shape index (κ1) is 31.8. The minimum absolute atomic E-state index is 0.0268. The van der Waals surface area contributed by atoms with Gasteiger partial charge < -0.3 is 25.0 Å². The number of fused-ring (bicyclic) bond motifs is 1. The van der Waals surface area contributed by atoms with Gasteiger partial charge in [0.05, 0.1) is 30.6 Å². The highest BCUT2D eigenvalue weighted by molar-refractivity contribution is 5.98. The molecule has 2 N–H and O–H groups in total. The maximum Gasteiger partial charge on any atom is 0.328 e. The number of benzene rings is 3. The number of para-hydroxylation sites is 1. The summed E-state index contributed by atoms with van der Waals surface area (Å²) in [5, 5.41) is 6.01. The molecule has 1 heterocycles. The van der Waals surface area contributed by atoms with Crippen LogP contribution in [0.5, 0.6) is 5.75 Å². The minimum Gasteiger partial charge on any atom is -0.496 e. The summed E-state index contributed by atoms with van der Waals surface area (Å²) in [5.41, 5.74) is 1.81. The third kappa shape index (κ3) is 6.43. The van der Waals surface area contributed by atoms with Gasteiger partial charge in [-0.3, -0.25) is 14.4 Å². The zero-order chi connectivity index (χ0) is 32.0. The van der Waals surface area contributed by atoms with E-state index in [4.69, 9.17) is 9.47 Å². The number of piperidine rings is 1. The molecule has 1 aliphatic heterocycles. The molecule has 3 amide bonds. The second kappa shape index (κ2) is 14.0. The van der Waals surface area contributed by atoms with Crippen molar-refractivity contribution < 1.29 is 28.7 Å². The third-order valence-electron chi connectivity index (χ3n) is 9.04. The molecule has 1 fully saturated rings. The molecule has 1 saturated heterocycles. The van der Waals surface area contributed by atoms with Crippen molar-refractivity contribution in [3.05, 3.63) is 101 Å². The second-order valence-electron chi connectivity index (χ2n) is 11.7. The number of methoxy groups -OCH3 is 1. The fourth-order valence-electron chi connectivity index (χ4n) is 6.69. The highest BCUT2D eigenvalue weighted by atomic mass is 16.5. The Balaban J connectivity index is 1.34. The Morgan fingerprint density at radius 1 is 0.911 bits per heavy atom. The zero-order valence-electron chi connectivity index (χ0n) is 26.1. The van der Waals surface area contributed by atoms with Gasteiger partial charge in [-0.1, -0.05) is 66.7 Å². The summed E-state index contributed by atoms with van der Waals surface area (Å²) in [6.45, 7) is 4.62.